The molecular formula is C8H8Cl2F3N. The molecule has 14 heavy (non-hydrogen) atoms. The van der Waals surface area contributed by atoms with Crippen LogP contribution in [0.2, 0.25) is 0 Å². The van der Waals surface area contributed by atoms with Crippen molar-refractivity contribution in [2.24, 2.45) is 0 Å². The van der Waals surface area contributed by atoms with Crippen LogP contribution in [0.5, 0.6) is 0 Å². The van der Waals surface area contributed by atoms with Gasteiger partial charge in [-0.15, -0.1) is 24.0 Å². The quantitative estimate of drug-likeness (QED) is 0.729. The molecule has 80 valence electrons. The van der Waals surface area contributed by atoms with Gasteiger partial charge in [-0.2, -0.15) is 13.2 Å². The van der Waals surface area contributed by atoms with E-state index in [4.69, 9.17) is 11.6 Å². The molecule has 0 atom stereocenters. The predicted molar refractivity (Wildman–Crippen MR) is 50.8 cm³/mol. The van der Waals surface area contributed by atoms with E-state index in [-0.39, 0.29) is 23.9 Å². The second-order valence-corrected chi connectivity index (χ2v) is 2.80. The molecule has 0 bridgehead atoms. The third kappa shape index (κ3) is 4.15. The Hall–Kier alpha value is -0.480. The van der Waals surface area contributed by atoms with E-state index in [0.29, 0.717) is 5.69 Å². The Kier molecular flexibility index (Phi) is 5.23. The number of halogens is 5. The summed E-state index contributed by atoms with van der Waals surface area (Å²) in [5.41, 5.74) is 0.437. The summed E-state index contributed by atoms with van der Waals surface area (Å²) in [4.78, 5) is 3.75. The van der Waals surface area contributed by atoms with Gasteiger partial charge in [0, 0.05) is 6.20 Å². The molecule has 0 N–H and O–H groups in total. The molecule has 0 saturated heterocycles. The summed E-state index contributed by atoms with van der Waals surface area (Å²) in [7, 11) is 0. The Bertz CT molecular complexity index is 288. The maximum absolute atomic E-state index is 12.0. The summed E-state index contributed by atoms with van der Waals surface area (Å²) >= 11 is 5.43. The summed E-state index contributed by atoms with van der Waals surface area (Å²) in [6.07, 6.45) is -3.75. The van der Waals surface area contributed by atoms with Gasteiger partial charge in [0.15, 0.2) is 0 Å². The van der Waals surface area contributed by atoms with Gasteiger partial charge in [0.25, 0.3) is 0 Å². The number of hydrogen-bond donors (Lipinski definition) is 0. The topological polar surface area (TPSA) is 12.9 Å². The summed E-state index contributed by atoms with van der Waals surface area (Å²) in [5, 5.41) is 0. The summed E-state index contributed by atoms with van der Waals surface area (Å²) in [5.74, 6) is 0.00620. The first-order valence-corrected chi connectivity index (χ1v) is 4.12. The third-order valence-electron chi connectivity index (χ3n) is 1.50. The van der Waals surface area contributed by atoms with Crippen LogP contribution < -0.4 is 0 Å². The highest BCUT2D eigenvalue weighted by Gasteiger charge is 2.28. The molecule has 0 saturated carbocycles. The Labute approximate surface area is 90.7 Å². The van der Waals surface area contributed by atoms with Crippen molar-refractivity contribution in [2.45, 2.75) is 18.5 Å². The fourth-order valence-corrected chi connectivity index (χ4v) is 1.21. The molecule has 0 aliphatic heterocycles. The molecule has 0 aromatic carbocycles. The first-order chi connectivity index (χ1) is 6.03. The molecule has 1 heterocycles. The number of aromatic nitrogens is 1. The molecule has 0 unspecified atom stereocenters. The fraction of sp³-hybridized carbons (Fsp3) is 0.375. The van der Waals surface area contributed by atoms with Crippen molar-refractivity contribution in [1.29, 1.82) is 0 Å². The minimum atomic E-state index is -4.20. The average Bonchev–Trinajstić information content (AvgIpc) is 2.02. The Morgan fingerprint density at radius 2 is 2.00 bits per heavy atom. The van der Waals surface area contributed by atoms with Gasteiger partial charge in [0.05, 0.1) is 18.0 Å². The van der Waals surface area contributed by atoms with Crippen LogP contribution in [0.1, 0.15) is 11.3 Å². The SMILES string of the molecule is Cl.FC(F)(F)Cc1cccnc1CCl. The van der Waals surface area contributed by atoms with Crippen LogP contribution in [0, 0.1) is 0 Å². The number of pyridine rings is 1. The van der Waals surface area contributed by atoms with Crippen LogP contribution in [-0.2, 0) is 12.3 Å². The highest BCUT2D eigenvalue weighted by molar-refractivity contribution is 6.17. The molecule has 0 radical (unpaired) electrons. The number of nitrogens with zero attached hydrogens (tertiary/aromatic N) is 1. The van der Waals surface area contributed by atoms with Crippen molar-refractivity contribution in [3.8, 4) is 0 Å². The predicted octanol–water partition coefficient (Wildman–Crippen LogP) is 3.35. The first kappa shape index (κ1) is 13.5. The molecule has 0 amide bonds. The van der Waals surface area contributed by atoms with E-state index in [0.717, 1.165) is 0 Å². The van der Waals surface area contributed by atoms with Gasteiger partial charge >= 0.3 is 6.18 Å². The van der Waals surface area contributed by atoms with Gasteiger partial charge in [-0.1, -0.05) is 6.07 Å². The molecule has 6 heteroatoms. The van der Waals surface area contributed by atoms with Crippen LogP contribution in [0.4, 0.5) is 13.2 Å². The lowest BCUT2D eigenvalue weighted by atomic mass is 10.1. The van der Waals surface area contributed by atoms with Crippen LogP contribution in [0.15, 0.2) is 18.3 Å². The summed E-state index contributed by atoms with van der Waals surface area (Å²) < 4.78 is 36.0. The van der Waals surface area contributed by atoms with Crippen LogP contribution in [0.25, 0.3) is 0 Å². The maximum Gasteiger partial charge on any atom is 0.393 e. The Morgan fingerprint density at radius 3 is 2.50 bits per heavy atom. The van der Waals surface area contributed by atoms with Gasteiger partial charge in [0.1, 0.15) is 0 Å². The standard InChI is InChI=1S/C8H7ClF3N.ClH/c9-5-7-6(2-1-3-13-7)4-8(10,11)12;/h1-3H,4-5H2;1H. The molecule has 0 fully saturated rings. The molecule has 0 aliphatic carbocycles. The minimum Gasteiger partial charge on any atom is -0.260 e. The summed E-state index contributed by atoms with van der Waals surface area (Å²) in [6.45, 7) is 0. The van der Waals surface area contributed by atoms with Gasteiger partial charge in [-0.25, -0.2) is 0 Å². The molecule has 1 rings (SSSR count). The average molecular weight is 246 g/mol. The van der Waals surface area contributed by atoms with Crippen LogP contribution in [-0.4, -0.2) is 11.2 Å². The van der Waals surface area contributed by atoms with Crippen LogP contribution in [0.3, 0.4) is 0 Å². The van der Waals surface area contributed by atoms with Crippen LogP contribution >= 0.6 is 24.0 Å². The lowest BCUT2D eigenvalue weighted by molar-refractivity contribution is -0.127. The third-order valence-corrected chi connectivity index (χ3v) is 1.76. The number of rotatable bonds is 2. The van der Waals surface area contributed by atoms with E-state index in [1.807, 2.05) is 0 Å². The van der Waals surface area contributed by atoms with E-state index >= 15 is 0 Å². The molecular weight excluding hydrogens is 238 g/mol. The van der Waals surface area contributed by atoms with Crippen molar-refractivity contribution in [1.82, 2.24) is 4.98 Å². The smallest absolute Gasteiger partial charge is 0.260 e. The van der Waals surface area contributed by atoms with Gasteiger partial charge in [-0.3, -0.25) is 4.98 Å². The minimum absolute atomic E-state index is 0. The zero-order valence-corrected chi connectivity index (χ0v) is 8.59. The first-order valence-electron chi connectivity index (χ1n) is 3.58. The number of hydrogen-bond acceptors (Lipinski definition) is 1. The zero-order valence-electron chi connectivity index (χ0n) is 7.01. The van der Waals surface area contributed by atoms with Gasteiger partial charge in [-0.05, 0) is 11.6 Å². The van der Waals surface area contributed by atoms with E-state index in [1.54, 1.807) is 0 Å². The van der Waals surface area contributed by atoms with Crippen molar-refractivity contribution in [3.63, 3.8) is 0 Å². The lowest BCUT2D eigenvalue weighted by Crippen LogP contribution is -2.13. The second kappa shape index (κ2) is 5.41. The van der Waals surface area contributed by atoms with Crippen molar-refractivity contribution in [3.05, 3.63) is 29.6 Å². The van der Waals surface area contributed by atoms with E-state index in [2.05, 4.69) is 4.98 Å². The van der Waals surface area contributed by atoms with Crippen molar-refractivity contribution >= 4 is 24.0 Å². The van der Waals surface area contributed by atoms with Crippen molar-refractivity contribution in [2.75, 3.05) is 0 Å². The van der Waals surface area contributed by atoms with Gasteiger partial charge < -0.3 is 0 Å². The van der Waals surface area contributed by atoms with Gasteiger partial charge in [0.2, 0.25) is 0 Å². The van der Waals surface area contributed by atoms with E-state index < -0.39 is 12.6 Å². The largest absolute Gasteiger partial charge is 0.393 e. The monoisotopic (exact) mass is 245 g/mol. The zero-order chi connectivity index (χ0) is 9.90. The fourth-order valence-electron chi connectivity index (χ4n) is 0.969. The molecule has 0 spiro atoms. The van der Waals surface area contributed by atoms with Crippen molar-refractivity contribution < 1.29 is 13.2 Å². The highest BCUT2D eigenvalue weighted by Crippen LogP contribution is 2.22. The normalized spacial score (nSPS) is 10.9. The Balaban J connectivity index is 0.00000169. The molecule has 1 aromatic heterocycles. The highest BCUT2D eigenvalue weighted by atomic mass is 35.5. The molecule has 1 aromatic rings. The summed E-state index contributed by atoms with van der Waals surface area (Å²) in [6, 6.07) is 2.86. The molecule has 0 aliphatic rings. The lowest BCUT2D eigenvalue weighted by Gasteiger charge is -2.08. The van der Waals surface area contributed by atoms with E-state index in [9.17, 15) is 13.2 Å². The Morgan fingerprint density at radius 1 is 1.36 bits per heavy atom. The second-order valence-electron chi connectivity index (χ2n) is 2.53. The molecule has 1 nitrogen and oxygen atoms in total. The number of alkyl halides is 4. The van der Waals surface area contributed by atoms with E-state index in [1.165, 1.54) is 18.3 Å². The maximum atomic E-state index is 12.0.